The SMILES string of the molecule is Cc1cc(C)n2c(N)c(-c3cc(Cl)ccc3Cl)nc2c1. The Bertz CT molecular complexity index is 822. The van der Waals surface area contributed by atoms with Gasteiger partial charge in [0.25, 0.3) is 0 Å². The van der Waals surface area contributed by atoms with Gasteiger partial charge in [-0.2, -0.15) is 0 Å². The molecule has 2 N–H and O–H groups in total. The third-order valence-electron chi connectivity index (χ3n) is 3.27. The van der Waals surface area contributed by atoms with E-state index in [-0.39, 0.29) is 0 Å². The van der Waals surface area contributed by atoms with E-state index >= 15 is 0 Å². The number of pyridine rings is 1. The quantitative estimate of drug-likeness (QED) is 0.719. The van der Waals surface area contributed by atoms with Gasteiger partial charge in [0, 0.05) is 16.3 Å². The van der Waals surface area contributed by atoms with Gasteiger partial charge in [0.2, 0.25) is 0 Å². The van der Waals surface area contributed by atoms with Crippen molar-refractivity contribution in [1.82, 2.24) is 9.38 Å². The molecule has 0 amide bonds. The fraction of sp³-hybridized carbons (Fsp3) is 0.133. The monoisotopic (exact) mass is 305 g/mol. The number of halogens is 2. The molecule has 0 unspecified atom stereocenters. The highest BCUT2D eigenvalue weighted by molar-refractivity contribution is 6.35. The number of rotatable bonds is 1. The van der Waals surface area contributed by atoms with Gasteiger partial charge in [-0.25, -0.2) is 4.98 Å². The highest BCUT2D eigenvalue weighted by Gasteiger charge is 2.15. The first kappa shape index (κ1) is 13.3. The molecule has 5 heteroatoms. The molecule has 0 atom stereocenters. The van der Waals surface area contributed by atoms with E-state index in [1.165, 1.54) is 0 Å². The van der Waals surface area contributed by atoms with Crippen molar-refractivity contribution in [2.45, 2.75) is 13.8 Å². The van der Waals surface area contributed by atoms with Crippen molar-refractivity contribution < 1.29 is 0 Å². The number of nitrogens with zero attached hydrogens (tertiary/aromatic N) is 2. The van der Waals surface area contributed by atoms with Crippen LogP contribution in [0, 0.1) is 13.8 Å². The van der Waals surface area contributed by atoms with Gasteiger partial charge in [-0.15, -0.1) is 0 Å². The van der Waals surface area contributed by atoms with Gasteiger partial charge in [0.1, 0.15) is 17.2 Å². The van der Waals surface area contributed by atoms with Crippen molar-refractivity contribution in [3.63, 3.8) is 0 Å². The van der Waals surface area contributed by atoms with Crippen LogP contribution < -0.4 is 5.73 Å². The first-order valence-corrected chi connectivity index (χ1v) is 6.93. The van der Waals surface area contributed by atoms with Crippen LogP contribution in [0.3, 0.4) is 0 Å². The van der Waals surface area contributed by atoms with Gasteiger partial charge < -0.3 is 5.73 Å². The Hall–Kier alpha value is -1.71. The summed E-state index contributed by atoms with van der Waals surface area (Å²) in [7, 11) is 0. The van der Waals surface area contributed by atoms with Gasteiger partial charge >= 0.3 is 0 Å². The predicted molar refractivity (Wildman–Crippen MR) is 84.5 cm³/mol. The zero-order valence-corrected chi connectivity index (χ0v) is 12.6. The summed E-state index contributed by atoms with van der Waals surface area (Å²) in [4.78, 5) is 4.60. The third-order valence-corrected chi connectivity index (χ3v) is 3.83. The minimum Gasteiger partial charge on any atom is -0.383 e. The lowest BCUT2D eigenvalue weighted by atomic mass is 10.1. The average Bonchev–Trinajstić information content (AvgIpc) is 2.69. The second kappa shape index (κ2) is 4.69. The Morgan fingerprint density at radius 3 is 2.60 bits per heavy atom. The van der Waals surface area contributed by atoms with E-state index in [4.69, 9.17) is 28.9 Å². The topological polar surface area (TPSA) is 43.3 Å². The predicted octanol–water partition coefficient (Wildman–Crippen LogP) is 4.51. The van der Waals surface area contributed by atoms with Crippen LogP contribution in [0.5, 0.6) is 0 Å². The summed E-state index contributed by atoms with van der Waals surface area (Å²) in [6.45, 7) is 4.03. The molecule has 102 valence electrons. The van der Waals surface area contributed by atoms with E-state index in [1.807, 2.05) is 24.3 Å². The highest BCUT2D eigenvalue weighted by Crippen LogP contribution is 2.34. The van der Waals surface area contributed by atoms with Crippen LogP contribution in [0.25, 0.3) is 16.9 Å². The summed E-state index contributed by atoms with van der Waals surface area (Å²) in [5, 5.41) is 1.19. The molecule has 0 aliphatic carbocycles. The number of fused-ring (bicyclic) bond motifs is 1. The molecule has 2 aromatic heterocycles. The molecule has 0 fully saturated rings. The third kappa shape index (κ3) is 2.03. The minimum absolute atomic E-state index is 0.571. The molecule has 3 rings (SSSR count). The number of nitrogen functional groups attached to an aromatic ring is 1. The maximum atomic E-state index is 6.24. The Kier molecular flexibility index (Phi) is 3.11. The molecule has 0 aliphatic heterocycles. The molecule has 1 aromatic carbocycles. The first-order valence-electron chi connectivity index (χ1n) is 6.18. The molecule has 0 bridgehead atoms. The molecule has 3 nitrogen and oxygen atoms in total. The maximum Gasteiger partial charge on any atom is 0.139 e. The van der Waals surface area contributed by atoms with Gasteiger partial charge in [0.15, 0.2) is 0 Å². The summed E-state index contributed by atoms with van der Waals surface area (Å²) < 4.78 is 1.92. The number of anilines is 1. The molecular weight excluding hydrogens is 293 g/mol. The van der Waals surface area contributed by atoms with E-state index in [0.29, 0.717) is 21.6 Å². The number of nitrogens with two attached hydrogens (primary N) is 1. The molecule has 0 spiro atoms. The molecule has 0 saturated carbocycles. The van der Waals surface area contributed by atoms with E-state index in [1.54, 1.807) is 18.2 Å². The van der Waals surface area contributed by atoms with Crippen LogP contribution in [0.15, 0.2) is 30.3 Å². The first-order chi connectivity index (χ1) is 9.47. The van der Waals surface area contributed by atoms with E-state index in [2.05, 4.69) is 11.1 Å². The zero-order valence-electron chi connectivity index (χ0n) is 11.1. The van der Waals surface area contributed by atoms with Crippen molar-refractivity contribution in [3.05, 3.63) is 51.6 Å². The van der Waals surface area contributed by atoms with Crippen molar-refractivity contribution in [2.75, 3.05) is 5.73 Å². The molecule has 3 aromatic rings. The second-order valence-electron chi connectivity index (χ2n) is 4.84. The van der Waals surface area contributed by atoms with Gasteiger partial charge in [-0.05, 0) is 49.7 Å². The molecular formula is C15H13Cl2N3. The van der Waals surface area contributed by atoms with Crippen molar-refractivity contribution in [3.8, 4) is 11.3 Å². The number of imidazole rings is 1. The number of aryl methyl sites for hydroxylation is 2. The summed E-state index contributed by atoms with van der Waals surface area (Å²) in [5.41, 5.74) is 10.6. The number of hydrogen-bond donors (Lipinski definition) is 1. The largest absolute Gasteiger partial charge is 0.383 e. The molecule has 0 radical (unpaired) electrons. The fourth-order valence-corrected chi connectivity index (χ4v) is 2.81. The molecule has 20 heavy (non-hydrogen) atoms. The summed E-state index contributed by atoms with van der Waals surface area (Å²) in [5.74, 6) is 0.571. The molecule has 2 heterocycles. The van der Waals surface area contributed by atoms with E-state index in [9.17, 15) is 0 Å². The van der Waals surface area contributed by atoms with Gasteiger partial charge in [0.05, 0.1) is 5.02 Å². The summed E-state index contributed by atoms with van der Waals surface area (Å²) in [6.07, 6.45) is 0. The van der Waals surface area contributed by atoms with E-state index < -0.39 is 0 Å². The van der Waals surface area contributed by atoms with Crippen LogP contribution in [0.1, 0.15) is 11.3 Å². The number of hydrogen-bond acceptors (Lipinski definition) is 2. The van der Waals surface area contributed by atoms with Gasteiger partial charge in [-0.3, -0.25) is 4.40 Å². The minimum atomic E-state index is 0.571. The Morgan fingerprint density at radius 2 is 1.85 bits per heavy atom. The lowest BCUT2D eigenvalue weighted by molar-refractivity contribution is 1.09. The molecule has 0 saturated heterocycles. The standard InChI is InChI=1S/C15H13Cl2N3/c1-8-5-9(2)20-13(6-8)19-14(15(20)18)11-7-10(16)3-4-12(11)17/h3-7H,18H2,1-2H3. The van der Waals surface area contributed by atoms with Crippen LogP contribution in [-0.4, -0.2) is 9.38 Å². The summed E-state index contributed by atoms with van der Waals surface area (Å²) in [6, 6.07) is 9.33. The average molecular weight is 306 g/mol. The highest BCUT2D eigenvalue weighted by atomic mass is 35.5. The zero-order chi connectivity index (χ0) is 14.4. The Balaban J connectivity index is 2.35. The Labute approximate surface area is 127 Å². The van der Waals surface area contributed by atoms with Crippen molar-refractivity contribution in [1.29, 1.82) is 0 Å². The smallest absolute Gasteiger partial charge is 0.139 e. The second-order valence-corrected chi connectivity index (χ2v) is 5.68. The Morgan fingerprint density at radius 1 is 1.10 bits per heavy atom. The number of benzene rings is 1. The summed E-state index contributed by atoms with van der Waals surface area (Å²) >= 11 is 12.3. The van der Waals surface area contributed by atoms with Crippen LogP contribution in [0.4, 0.5) is 5.82 Å². The van der Waals surface area contributed by atoms with Crippen LogP contribution in [-0.2, 0) is 0 Å². The van der Waals surface area contributed by atoms with E-state index in [0.717, 1.165) is 22.5 Å². The molecule has 0 aliphatic rings. The number of aromatic nitrogens is 2. The maximum absolute atomic E-state index is 6.24. The fourth-order valence-electron chi connectivity index (χ4n) is 2.44. The lowest BCUT2D eigenvalue weighted by Gasteiger charge is -2.05. The van der Waals surface area contributed by atoms with Crippen molar-refractivity contribution in [2.24, 2.45) is 0 Å². The van der Waals surface area contributed by atoms with Crippen LogP contribution in [0.2, 0.25) is 10.0 Å². The van der Waals surface area contributed by atoms with Crippen LogP contribution >= 0.6 is 23.2 Å². The van der Waals surface area contributed by atoms with Crippen molar-refractivity contribution >= 4 is 34.7 Å². The normalized spacial score (nSPS) is 11.2. The lowest BCUT2D eigenvalue weighted by Crippen LogP contribution is -1.98. The van der Waals surface area contributed by atoms with Gasteiger partial charge in [-0.1, -0.05) is 23.2 Å².